The van der Waals surface area contributed by atoms with Gasteiger partial charge in [-0.15, -0.1) is 0 Å². The number of anilines is 1. The molecule has 0 spiro atoms. The van der Waals surface area contributed by atoms with E-state index < -0.39 is 0 Å². The predicted molar refractivity (Wildman–Crippen MR) is 70.9 cm³/mol. The average molecular weight is 243 g/mol. The molecule has 94 valence electrons. The number of likely N-dealkylation sites (tertiary alicyclic amines) is 1. The van der Waals surface area contributed by atoms with Gasteiger partial charge in [-0.05, 0) is 32.1 Å². The van der Waals surface area contributed by atoms with Gasteiger partial charge in [-0.1, -0.05) is 12.1 Å². The van der Waals surface area contributed by atoms with Crippen molar-refractivity contribution in [1.82, 2.24) is 19.7 Å². The van der Waals surface area contributed by atoms with E-state index in [4.69, 9.17) is 0 Å². The maximum atomic E-state index is 4.19. The molecule has 1 unspecified atom stereocenters. The van der Waals surface area contributed by atoms with Gasteiger partial charge in [-0.3, -0.25) is 0 Å². The molecule has 2 aromatic rings. The molecule has 1 fully saturated rings. The summed E-state index contributed by atoms with van der Waals surface area (Å²) < 4.78 is 1.79. The molecule has 0 amide bonds. The van der Waals surface area contributed by atoms with E-state index in [2.05, 4.69) is 39.5 Å². The summed E-state index contributed by atoms with van der Waals surface area (Å²) >= 11 is 0. The van der Waals surface area contributed by atoms with Gasteiger partial charge in [-0.2, -0.15) is 5.10 Å². The van der Waals surface area contributed by atoms with Gasteiger partial charge in [0.25, 0.3) is 0 Å². The van der Waals surface area contributed by atoms with Gasteiger partial charge in [0.1, 0.15) is 12.7 Å². The van der Waals surface area contributed by atoms with Crippen molar-refractivity contribution in [2.45, 2.75) is 12.5 Å². The molecule has 1 N–H and O–H groups in total. The van der Waals surface area contributed by atoms with E-state index in [0.717, 1.165) is 24.5 Å². The van der Waals surface area contributed by atoms with Gasteiger partial charge >= 0.3 is 0 Å². The smallest absolute Gasteiger partial charge is 0.138 e. The lowest BCUT2D eigenvalue weighted by Crippen LogP contribution is -2.24. The highest BCUT2D eigenvalue weighted by atomic mass is 15.3. The Morgan fingerprint density at radius 3 is 2.94 bits per heavy atom. The van der Waals surface area contributed by atoms with Gasteiger partial charge in [0.2, 0.25) is 0 Å². The van der Waals surface area contributed by atoms with Crippen LogP contribution in [0, 0.1) is 0 Å². The fourth-order valence-corrected chi connectivity index (χ4v) is 2.40. The zero-order valence-electron chi connectivity index (χ0n) is 10.5. The Balaban J connectivity index is 1.84. The van der Waals surface area contributed by atoms with Gasteiger partial charge in [0.15, 0.2) is 0 Å². The molecule has 5 heteroatoms. The molecule has 3 rings (SSSR count). The SMILES string of the molecule is CN1CCC(Nc2ccccc2-n2cncn2)C1. The second kappa shape index (κ2) is 4.78. The third-order valence-corrected chi connectivity index (χ3v) is 3.32. The molecule has 1 aliphatic heterocycles. The van der Waals surface area contributed by atoms with Gasteiger partial charge < -0.3 is 10.2 Å². The van der Waals surface area contributed by atoms with Crippen LogP contribution in [0.3, 0.4) is 0 Å². The molecule has 0 radical (unpaired) electrons. The van der Waals surface area contributed by atoms with Crippen LogP contribution in [0.4, 0.5) is 5.69 Å². The number of para-hydroxylation sites is 2. The first-order chi connectivity index (χ1) is 8.83. The van der Waals surface area contributed by atoms with Gasteiger partial charge in [0.05, 0.1) is 11.4 Å². The average Bonchev–Trinajstić information content (AvgIpc) is 3.02. The molecule has 0 saturated carbocycles. The largest absolute Gasteiger partial charge is 0.379 e. The standard InChI is InChI=1S/C13H17N5/c1-17-7-6-11(8-17)16-12-4-2-3-5-13(12)18-10-14-9-15-18/h2-5,9-11,16H,6-8H2,1H3. The van der Waals surface area contributed by atoms with Crippen LogP contribution in [0.5, 0.6) is 0 Å². The predicted octanol–water partition coefficient (Wildman–Crippen LogP) is 1.38. The second-order valence-corrected chi connectivity index (χ2v) is 4.75. The summed E-state index contributed by atoms with van der Waals surface area (Å²) in [6.45, 7) is 2.24. The third kappa shape index (κ3) is 2.22. The molecule has 1 atom stereocenters. The molecule has 5 nitrogen and oxygen atoms in total. The zero-order valence-corrected chi connectivity index (χ0v) is 10.5. The molecular weight excluding hydrogens is 226 g/mol. The van der Waals surface area contributed by atoms with Crippen molar-refractivity contribution < 1.29 is 0 Å². The summed E-state index contributed by atoms with van der Waals surface area (Å²) in [7, 11) is 2.16. The van der Waals surface area contributed by atoms with Crippen LogP contribution in [-0.4, -0.2) is 45.8 Å². The van der Waals surface area contributed by atoms with E-state index >= 15 is 0 Å². The summed E-state index contributed by atoms with van der Waals surface area (Å²) in [5, 5.41) is 7.79. The molecule has 1 aliphatic rings. The zero-order chi connectivity index (χ0) is 12.4. The molecule has 1 aromatic carbocycles. The number of aromatic nitrogens is 3. The Morgan fingerprint density at radius 2 is 2.22 bits per heavy atom. The van der Waals surface area contributed by atoms with Crippen molar-refractivity contribution in [2.75, 3.05) is 25.5 Å². The Morgan fingerprint density at radius 1 is 1.33 bits per heavy atom. The Bertz CT molecular complexity index is 508. The van der Waals surface area contributed by atoms with E-state index in [1.165, 1.54) is 6.42 Å². The van der Waals surface area contributed by atoms with Crippen LogP contribution >= 0.6 is 0 Å². The van der Waals surface area contributed by atoms with Crippen molar-refractivity contribution in [3.8, 4) is 5.69 Å². The van der Waals surface area contributed by atoms with Gasteiger partial charge in [0, 0.05) is 12.6 Å². The fourth-order valence-electron chi connectivity index (χ4n) is 2.40. The van der Waals surface area contributed by atoms with Crippen molar-refractivity contribution in [2.24, 2.45) is 0 Å². The van der Waals surface area contributed by atoms with Crippen molar-refractivity contribution in [1.29, 1.82) is 0 Å². The summed E-state index contributed by atoms with van der Waals surface area (Å²) in [4.78, 5) is 6.34. The van der Waals surface area contributed by atoms with E-state index in [1.54, 1.807) is 17.3 Å². The molecule has 0 bridgehead atoms. The number of hydrogen-bond donors (Lipinski definition) is 1. The topological polar surface area (TPSA) is 46.0 Å². The number of rotatable bonds is 3. The van der Waals surface area contributed by atoms with Crippen LogP contribution in [0.2, 0.25) is 0 Å². The second-order valence-electron chi connectivity index (χ2n) is 4.75. The summed E-state index contributed by atoms with van der Waals surface area (Å²) in [5.74, 6) is 0. The van der Waals surface area contributed by atoms with E-state index in [1.807, 2.05) is 12.1 Å². The number of benzene rings is 1. The first kappa shape index (κ1) is 11.2. The lowest BCUT2D eigenvalue weighted by Gasteiger charge is -2.17. The van der Waals surface area contributed by atoms with E-state index in [0.29, 0.717) is 6.04 Å². The lowest BCUT2D eigenvalue weighted by molar-refractivity contribution is 0.414. The van der Waals surface area contributed by atoms with E-state index in [-0.39, 0.29) is 0 Å². The normalized spacial score (nSPS) is 20.2. The maximum Gasteiger partial charge on any atom is 0.138 e. The third-order valence-electron chi connectivity index (χ3n) is 3.32. The maximum absolute atomic E-state index is 4.19. The van der Waals surface area contributed by atoms with Crippen molar-refractivity contribution in [3.63, 3.8) is 0 Å². The molecule has 1 saturated heterocycles. The van der Waals surface area contributed by atoms with Crippen LogP contribution in [0.15, 0.2) is 36.9 Å². The number of likely N-dealkylation sites (N-methyl/N-ethyl adjacent to an activating group) is 1. The molecule has 18 heavy (non-hydrogen) atoms. The van der Waals surface area contributed by atoms with Crippen LogP contribution in [-0.2, 0) is 0 Å². The molecule has 2 heterocycles. The lowest BCUT2D eigenvalue weighted by atomic mass is 10.2. The molecule has 0 aliphatic carbocycles. The van der Waals surface area contributed by atoms with E-state index in [9.17, 15) is 0 Å². The van der Waals surface area contributed by atoms with Gasteiger partial charge in [-0.25, -0.2) is 9.67 Å². The number of nitrogens with zero attached hydrogens (tertiary/aromatic N) is 4. The summed E-state index contributed by atoms with van der Waals surface area (Å²) in [5.41, 5.74) is 2.16. The minimum absolute atomic E-state index is 0.514. The number of hydrogen-bond acceptors (Lipinski definition) is 4. The minimum atomic E-state index is 0.514. The van der Waals surface area contributed by atoms with Crippen LogP contribution in [0.1, 0.15) is 6.42 Å². The quantitative estimate of drug-likeness (QED) is 0.884. The Kier molecular flexibility index (Phi) is 2.98. The summed E-state index contributed by atoms with van der Waals surface area (Å²) in [6, 6.07) is 8.72. The monoisotopic (exact) mass is 243 g/mol. The fraction of sp³-hybridized carbons (Fsp3) is 0.385. The minimum Gasteiger partial charge on any atom is -0.379 e. The van der Waals surface area contributed by atoms with Crippen molar-refractivity contribution in [3.05, 3.63) is 36.9 Å². The highest BCUT2D eigenvalue weighted by molar-refractivity contribution is 5.61. The van der Waals surface area contributed by atoms with Crippen LogP contribution < -0.4 is 5.32 Å². The molecular formula is C13H17N5. The van der Waals surface area contributed by atoms with Crippen LogP contribution in [0.25, 0.3) is 5.69 Å². The Hall–Kier alpha value is -1.88. The summed E-state index contributed by atoms with van der Waals surface area (Å²) in [6.07, 6.45) is 4.46. The van der Waals surface area contributed by atoms with Crippen molar-refractivity contribution >= 4 is 5.69 Å². The first-order valence-corrected chi connectivity index (χ1v) is 6.22. The number of nitrogens with one attached hydrogen (secondary N) is 1. The highest BCUT2D eigenvalue weighted by Gasteiger charge is 2.20. The first-order valence-electron chi connectivity index (χ1n) is 6.22. The molecule has 1 aromatic heterocycles. The Labute approximate surface area is 106 Å². The highest BCUT2D eigenvalue weighted by Crippen LogP contribution is 2.21.